The maximum absolute atomic E-state index is 11.7. The summed E-state index contributed by atoms with van der Waals surface area (Å²) in [5.41, 5.74) is 0.936. The normalized spacial score (nSPS) is 10.2. The highest BCUT2D eigenvalue weighted by molar-refractivity contribution is 5.90. The molecule has 0 aliphatic rings. The lowest BCUT2D eigenvalue weighted by molar-refractivity contribution is 0.0773. The number of amides is 1. The number of H-pyrrole nitrogens is 2. The molecule has 0 fully saturated rings. The first-order chi connectivity index (χ1) is 7.27. The number of aromatic amines is 2. The van der Waals surface area contributed by atoms with Gasteiger partial charge in [0.15, 0.2) is 0 Å². The number of nitrogens with one attached hydrogen (secondary N) is 2. The minimum Gasteiger partial charge on any atom is -0.335 e. The Hall–Kier alpha value is -2.18. The molecule has 7 nitrogen and oxygen atoms in total. The predicted molar refractivity (Wildman–Crippen MR) is 50.8 cm³/mol. The van der Waals surface area contributed by atoms with Gasteiger partial charge in [-0.05, 0) is 0 Å². The largest absolute Gasteiger partial charge is 0.335 e. The van der Waals surface area contributed by atoms with Gasteiger partial charge in [-0.3, -0.25) is 15.0 Å². The van der Waals surface area contributed by atoms with E-state index in [1.807, 2.05) is 0 Å². The van der Waals surface area contributed by atoms with Crippen LogP contribution in [-0.4, -0.2) is 43.2 Å². The topological polar surface area (TPSA) is 90.6 Å². The fourth-order valence-corrected chi connectivity index (χ4v) is 1.20. The first-order valence-electron chi connectivity index (χ1n) is 4.36. The highest BCUT2D eigenvalue weighted by atomic mass is 16.2. The first-order valence-corrected chi connectivity index (χ1v) is 4.36. The van der Waals surface area contributed by atoms with E-state index in [0.717, 1.165) is 5.56 Å². The number of rotatable bonds is 3. The summed E-state index contributed by atoms with van der Waals surface area (Å²) >= 11 is 0. The molecule has 2 N–H and O–H groups in total. The predicted octanol–water partition coefficient (Wildman–Crippen LogP) is -0.200. The van der Waals surface area contributed by atoms with Gasteiger partial charge >= 0.3 is 0 Å². The molecular formula is C8H10N6O. The van der Waals surface area contributed by atoms with Gasteiger partial charge in [0, 0.05) is 25.4 Å². The number of nitrogens with zero attached hydrogens (tertiary/aromatic N) is 4. The van der Waals surface area contributed by atoms with Crippen LogP contribution in [0.2, 0.25) is 0 Å². The molecule has 1 amide bonds. The van der Waals surface area contributed by atoms with Crippen LogP contribution >= 0.6 is 0 Å². The Morgan fingerprint density at radius 3 is 3.00 bits per heavy atom. The molecule has 0 aromatic carbocycles. The van der Waals surface area contributed by atoms with Crippen molar-refractivity contribution in [1.29, 1.82) is 0 Å². The quantitative estimate of drug-likeness (QED) is 0.727. The minimum absolute atomic E-state index is 0.200. The van der Waals surface area contributed by atoms with Gasteiger partial charge in [0.05, 0.1) is 6.20 Å². The van der Waals surface area contributed by atoms with Crippen molar-refractivity contribution in [3.05, 3.63) is 30.1 Å². The molecule has 0 saturated heterocycles. The number of hydrogen-bond donors (Lipinski definition) is 2. The Labute approximate surface area is 85.5 Å². The second-order valence-corrected chi connectivity index (χ2v) is 3.10. The molecule has 2 aromatic heterocycles. The third kappa shape index (κ3) is 2.01. The van der Waals surface area contributed by atoms with E-state index in [-0.39, 0.29) is 11.7 Å². The van der Waals surface area contributed by atoms with Gasteiger partial charge in [-0.1, -0.05) is 0 Å². The van der Waals surface area contributed by atoms with Crippen LogP contribution in [0.5, 0.6) is 0 Å². The van der Waals surface area contributed by atoms with E-state index in [1.54, 1.807) is 19.4 Å². The van der Waals surface area contributed by atoms with Crippen molar-refractivity contribution in [2.75, 3.05) is 7.05 Å². The van der Waals surface area contributed by atoms with E-state index in [2.05, 4.69) is 25.4 Å². The van der Waals surface area contributed by atoms with Crippen LogP contribution in [0.3, 0.4) is 0 Å². The molecule has 2 heterocycles. The van der Waals surface area contributed by atoms with Crippen LogP contribution in [0.1, 0.15) is 16.2 Å². The molecule has 0 atom stereocenters. The third-order valence-electron chi connectivity index (χ3n) is 1.94. The van der Waals surface area contributed by atoms with Crippen molar-refractivity contribution in [2.45, 2.75) is 6.54 Å². The maximum Gasteiger partial charge on any atom is 0.291 e. The molecular weight excluding hydrogens is 196 g/mol. The van der Waals surface area contributed by atoms with Gasteiger partial charge in [0.25, 0.3) is 5.91 Å². The Morgan fingerprint density at radius 1 is 1.53 bits per heavy atom. The van der Waals surface area contributed by atoms with E-state index in [1.165, 1.54) is 11.2 Å². The average molecular weight is 206 g/mol. The van der Waals surface area contributed by atoms with Gasteiger partial charge in [0.1, 0.15) is 6.33 Å². The molecule has 0 aliphatic carbocycles. The first kappa shape index (κ1) is 9.38. The van der Waals surface area contributed by atoms with Crippen molar-refractivity contribution >= 4 is 5.91 Å². The molecule has 78 valence electrons. The Kier molecular flexibility index (Phi) is 2.44. The lowest BCUT2D eigenvalue weighted by Crippen LogP contribution is -2.27. The summed E-state index contributed by atoms with van der Waals surface area (Å²) in [5, 5.41) is 12.6. The van der Waals surface area contributed by atoms with Crippen molar-refractivity contribution in [3.63, 3.8) is 0 Å². The summed E-state index contributed by atoms with van der Waals surface area (Å²) < 4.78 is 0. The molecule has 0 aliphatic heterocycles. The highest BCUT2D eigenvalue weighted by Gasteiger charge is 2.14. The fourth-order valence-electron chi connectivity index (χ4n) is 1.20. The Bertz CT molecular complexity index is 420. The van der Waals surface area contributed by atoms with E-state index < -0.39 is 0 Å². The lowest BCUT2D eigenvalue weighted by Gasteiger charge is -2.13. The molecule has 2 rings (SSSR count). The minimum atomic E-state index is -0.200. The fraction of sp³-hybridized carbons (Fsp3) is 0.250. The van der Waals surface area contributed by atoms with Crippen molar-refractivity contribution in [1.82, 2.24) is 30.3 Å². The summed E-state index contributed by atoms with van der Waals surface area (Å²) in [6, 6.07) is 0. The zero-order valence-corrected chi connectivity index (χ0v) is 8.14. The van der Waals surface area contributed by atoms with E-state index >= 15 is 0 Å². The van der Waals surface area contributed by atoms with Crippen LogP contribution in [0.4, 0.5) is 0 Å². The number of hydrogen-bond acceptors (Lipinski definition) is 4. The lowest BCUT2D eigenvalue weighted by atomic mass is 10.3. The molecule has 0 spiro atoms. The zero-order valence-electron chi connectivity index (χ0n) is 8.14. The molecule has 0 radical (unpaired) electrons. The van der Waals surface area contributed by atoms with E-state index in [0.29, 0.717) is 6.54 Å². The Balaban J connectivity index is 2.03. The zero-order chi connectivity index (χ0) is 10.7. The van der Waals surface area contributed by atoms with Gasteiger partial charge < -0.3 is 4.90 Å². The van der Waals surface area contributed by atoms with Crippen LogP contribution in [0.15, 0.2) is 18.7 Å². The van der Waals surface area contributed by atoms with Gasteiger partial charge in [0.2, 0.25) is 5.82 Å². The monoisotopic (exact) mass is 206 g/mol. The van der Waals surface area contributed by atoms with Crippen molar-refractivity contribution < 1.29 is 4.79 Å². The van der Waals surface area contributed by atoms with E-state index in [9.17, 15) is 4.79 Å². The number of aromatic nitrogens is 5. The number of carbonyl (C=O) groups is 1. The van der Waals surface area contributed by atoms with Gasteiger partial charge in [-0.25, -0.2) is 4.98 Å². The molecule has 0 saturated carbocycles. The number of carbonyl (C=O) groups excluding carboxylic acids is 1. The smallest absolute Gasteiger partial charge is 0.291 e. The van der Waals surface area contributed by atoms with Crippen LogP contribution in [-0.2, 0) is 6.54 Å². The molecule has 0 unspecified atom stereocenters. The molecule has 15 heavy (non-hydrogen) atoms. The highest BCUT2D eigenvalue weighted by Crippen LogP contribution is 2.02. The summed E-state index contributed by atoms with van der Waals surface area (Å²) in [5.74, 6) is 0.0368. The molecule has 2 aromatic rings. The van der Waals surface area contributed by atoms with Gasteiger partial charge in [-0.15, -0.1) is 0 Å². The van der Waals surface area contributed by atoms with Crippen molar-refractivity contribution in [3.8, 4) is 0 Å². The summed E-state index contributed by atoms with van der Waals surface area (Å²) in [6.45, 7) is 0.482. The summed E-state index contributed by atoms with van der Waals surface area (Å²) in [4.78, 5) is 17.0. The van der Waals surface area contributed by atoms with Crippen LogP contribution in [0.25, 0.3) is 0 Å². The standard InChI is InChI=1S/C8H10N6O/c1-14(4-6-2-10-11-3-6)8(15)7-9-5-12-13-7/h2-3,5H,4H2,1H3,(H,10,11)(H,9,12,13). The average Bonchev–Trinajstić information content (AvgIpc) is 2.88. The second kappa shape index (κ2) is 3.91. The molecule has 0 bridgehead atoms. The van der Waals surface area contributed by atoms with Crippen LogP contribution in [0, 0.1) is 0 Å². The SMILES string of the molecule is CN(Cc1cn[nH]c1)C(=O)c1ncn[nH]1. The maximum atomic E-state index is 11.7. The van der Waals surface area contributed by atoms with Crippen molar-refractivity contribution in [2.24, 2.45) is 0 Å². The van der Waals surface area contributed by atoms with Gasteiger partial charge in [-0.2, -0.15) is 10.2 Å². The second-order valence-electron chi connectivity index (χ2n) is 3.10. The molecule has 7 heteroatoms. The summed E-state index contributed by atoms with van der Waals surface area (Å²) in [7, 11) is 1.69. The summed E-state index contributed by atoms with van der Waals surface area (Å²) in [6.07, 6.45) is 4.72. The van der Waals surface area contributed by atoms with E-state index in [4.69, 9.17) is 0 Å². The third-order valence-corrected chi connectivity index (χ3v) is 1.94. The van der Waals surface area contributed by atoms with Crippen LogP contribution < -0.4 is 0 Å². The Morgan fingerprint density at radius 2 is 2.40 bits per heavy atom.